The summed E-state index contributed by atoms with van der Waals surface area (Å²) in [5, 5.41) is 2.31. The highest BCUT2D eigenvalue weighted by molar-refractivity contribution is 7.69. The molecule has 0 aliphatic heterocycles. The van der Waals surface area contributed by atoms with Crippen molar-refractivity contribution in [2.75, 3.05) is 0 Å². The van der Waals surface area contributed by atoms with E-state index in [0.717, 1.165) is 5.30 Å². The molecule has 1 atom stereocenters. The molecule has 0 fully saturated rings. The molecule has 0 N–H and O–H groups in total. The van der Waals surface area contributed by atoms with Gasteiger partial charge < -0.3 is 4.44 Å². The van der Waals surface area contributed by atoms with Gasteiger partial charge in [0.25, 0.3) is 8.05 Å². The molecule has 2 aromatic carbocycles. The van der Waals surface area contributed by atoms with Crippen LogP contribution in [-0.2, 0) is 4.44 Å². The first-order valence-corrected chi connectivity index (χ1v) is 6.36. The van der Waals surface area contributed by atoms with Gasteiger partial charge in [0.05, 0.1) is 8.15 Å². The molecule has 0 amide bonds. The molecule has 0 aromatic heterocycles. The highest BCUT2D eigenvalue weighted by Crippen LogP contribution is 2.34. The molecule has 2 radical (unpaired) electrons. The van der Waals surface area contributed by atoms with Crippen molar-refractivity contribution in [3.63, 3.8) is 0 Å². The highest BCUT2D eigenvalue weighted by atomic mass is 31.1. The van der Waals surface area contributed by atoms with Crippen molar-refractivity contribution in [2.24, 2.45) is 0 Å². The van der Waals surface area contributed by atoms with E-state index >= 15 is 0 Å². The third-order valence-corrected chi connectivity index (χ3v) is 4.35. The van der Waals surface area contributed by atoms with E-state index in [4.69, 9.17) is 12.5 Å². The van der Waals surface area contributed by atoms with Crippen LogP contribution in [0.2, 0.25) is 0 Å². The standard InChI is InChI=1S/C13H12BOP/c1-11-7-5-6-10-13(11)16(15-14)12-8-3-2-4-9-12/h2-10H,1H3/t16-/m1/s1. The Morgan fingerprint density at radius 1 is 0.938 bits per heavy atom. The van der Waals surface area contributed by atoms with Gasteiger partial charge in [-0.15, -0.1) is 0 Å². The quantitative estimate of drug-likeness (QED) is 0.576. The number of hydrogen-bond acceptors (Lipinski definition) is 1. The van der Waals surface area contributed by atoms with E-state index in [1.54, 1.807) is 0 Å². The first kappa shape index (κ1) is 11.4. The third kappa shape index (κ3) is 2.34. The second-order valence-electron chi connectivity index (χ2n) is 3.52. The molecule has 16 heavy (non-hydrogen) atoms. The zero-order valence-electron chi connectivity index (χ0n) is 9.13. The second kappa shape index (κ2) is 5.29. The van der Waals surface area contributed by atoms with Gasteiger partial charge in [0.2, 0.25) is 0 Å². The van der Waals surface area contributed by atoms with Crippen LogP contribution in [0, 0.1) is 6.92 Å². The van der Waals surface area contributed by atoms with E-state index in [9.17, 15) is 0 Å². The molecule has 0 heterocycles. The fraction of sp³-hybridized carbons (Fsp3) is 0.0769. The van der Waals surface area contributed by atoms with Crippen LogP contribution in [0.3, 0.4) is 0 Å². The van der Waals surface area contributed by atoms with E-state index in [0.29, 0.717) is 0 Å². The molecule has 3 heteroatoms. The average molecular weight is 226 g/mol. The van der Waals surface area contributed by atoms with Gasteiger partial charge in [-0.1, -0.05) is 54.6 Å². The topological polar surface area (TPSA) is 9.23 Å². The Bertz CT molecular complexity index is 458. The van der Waals surface area contributed by atoms with Gasteiger partial charge in [-0.05, 0) is 12.5 Å². The fourth-order valence-electron chi connectivity index (χ4n) is 1.61. The predicted molar refractivity (Wildman–Crippen MR) is 70.6 cm³/mol. The molecule has 0 unspecified atom stereocenters. The summed E-state index contributed by atoms with van der Waals surface area (Å²) in [5.41, 5.74) is 1.21. The van der Waals surface area contributed by atoms with Crippen LogP contribution in [0.15, 0.2) is 54.6 Å². The lowest BCUT2D eigenvalue weighted by Gasteiger charge is -2.18. The lowest BCUT2D eigenvalue weighted by atomic mass is 10.2. The molecule has 0 bridgehead atoms. The molecule has 1 nitrogen and oxygen atoms in total. The van der Waals surface area contributed by atoms with Gasteiger partial charge in [0.15, 0.2) is 0 Å². The molecule has 0 spiro atoms. The van der Waals surface area contributed by atoms with Crippen LogP contribution in [-0.4, -0.2) is 8.05 Å². The highest BCUT2D eigenvalue weighted by Gasteiger charge is 2.13. The maximum Gasteiger partial charge on any atom is 0.289 e. The lowest BCUT2D eigenvalue weighted by Crippen LogP contribution is -2.15. The Labute approximate surface area is 98.7 Å². The van der Waals surface area contributed by atoms with E-state index in [-0.39, 0.29) is 0 Å². The lowest BCUT2D eigenvalue weighted by molar-refractivity contribution is 0.705. The Balaban J connectivity index is 2.41. The largest absolute Gasteiger partial charge is 0.421 e. The van der Waals surface area contributed by atoms with Crippen molar-refractivity contribution >= 4 is 26.8 Å². The average Bonchev–Trinajstić information content (AvgIpc) is 2.34. The summed E-state index contributed by atoms with van der Waals surface area (Å²) >= 11 is 0. The van der Waals surface area contributed by atoms with E-state index in [1.807, 2.05) is 42.5 Å². The van der Waals surface area contributed by atoms with Crippen LogP contribution in [0.1, 0.15) is 5.56 Å². The molecule has 0 aliphatic carbocycles. The maximum atomic E-state index is 5.43. The minimum atomic E-state index is -0.892. The summed E-state index contributed by atoms with van der Waals surface area (Å²) in [5.74, 6) is 0. The normalized spacial score (nSPS) is 12.3. The van der Waals surface area contributed by atoms with Crippen molar-refractivity contribution in [1.29, 1.82) is 0 Å². The number of aryl methyl sites for hydroxylation is 1. The van der Waals surface area contributed by atoms with Crippen LogP contribution in [0.25, 0.3) is 0 Å². The van der Waals surface area contributed by atoms with Gasteiger partial charge in [-0.25, -0.2) is 0 Å². The molecule has 0 aliphatic rings. The Morgan fingerprint density at radius 3 is 2.19 bits per heavy atom. The summed E-state index contributed by atoms with van der Waals surface area (Å²) in [6.07, 6.45) is 0. The third-order valence-electron chi connectivity index (χ3n) is 2.43. The minimum absolute atomic E-state index is 0.892. The molecule has 78 valence electrons. The van der Waals surface area contributed by atoms with Crippen molar-refractivity contribution in [2.45, 2.75) is 6.92 Å². The smallest absolute Gasteiger partial charge is 0.289 e. The number of benzene rings is 2. The van der Waals surface area contributed by atoms with Crippen LogP contribution in [0.4, 0.5) is 0 Å². The predicted octanol–water partition coefficient (Wildman–Crippen LogP) is 2.44. The SMILES string of the molecule is [B]O[P@](c1ccccc1)c1ccccc1C. The monoisotopic (exact) mass is 226 g/mol. The Morgan fingerprint density at radius 2 is 1.56 bits per heavy atom. The summed E-state index contributed by atoms with van der Waals surface area (Å²) in [6.45, 7) is 2.08. The zero-order valence-corrected chi connectivity index (χ0v) is 10.0. The van der Waals surface area contributed by atoms with E-state index in [1.165, 1.54) is 10.9 Å². The summed E-state index contributed by atoms with van der Waals surface area (Å²) in [4.78, 5) is 0. The van der Waals surface area contributed by atoms with Crippen molar-refractivity contribution in [3.05, 3.63) is 60.2 Å². The maximum absolute atomic E-state index is 5.43. The number of hydrogen-bond donors (Lipinski definition) is 0. The first-order chi connectivity index (χ1) is 7.83. The van der Waals surface area contributed by atoms with Gasteiger partial charge in [-0.2, -0.15) is 0 Å². The summed E-state index contributed by atoms with van der Waals surface area (Å²) in [6, 6.07) is 18.3. The molecule has 0 saturated carbocycles. The summed E-state index contributed by atoms with van der Waals surface area (Å²) in [7, 11) is 4.54. The molecular weight excluding hydrogens is 214 g/mol. The van der Waals surface area contributed by atoms with Crippen molar-refractivity contribution in [1.82, 2.24) is 0 Å². The molecule has 2 rings (SSSR count). The second-order valence-corrected chi connectivity index (χ2v) is 5.32. The minimum Gasteiger partial charge on any atom is -0.421 e. The van der Waals surface area contributed by atoms with Crippen molar-refractivity contribution < 1.29 is 4.44 Å². The van der Waals surface area contributed by atoms with Gasteiger partial charge in [0.1, 0.15) is 0 Å². The molecule has 0 saturated heterocycles. The van der Waals surface area contributed by atoms with Gasteiger partial charge in [0, 0.05) is 10.6 Å². The number of rotatable bonds is 3. The van der Waals surface area contributed by atoms with Gasteiger partial charge in [-0.3, -0.25) is 0 Å². The van der Waals surface area contributed by atoms with Crippen LogP contribution >= 0.6 is 8.15 Å². The Kier molecular flexibility index (Phi) is 3.76. The van der Waals surface area contributed by atoms with Crippen LogP contribution < -0.4 is 10.6 Å². The van der Waals surface area contributed by atoms with Crippen LogP contribution in [0.5, 0.6) is 0 Å². The molecule has 2 aromatic rings. The first-order valence-electron chi connectivity index (χ1n) is 5.10. The Hall–Kier alpha value is -1.11. The van der Waals surface area contributed by atoms with Gasteiger partial charge >= 0.3 is 0 Å². The zero-order chi connectivity index (χ0) is 11.4. The van der Waals surface area contributed by atoms with E-state index < -0.39 is 8.15 Å². The van der Waals surface area contributed by atoms with Crippen molar-refractivity contribution in [3.8, 4) is 0 Å². The van der Waals surface area contributed by atoms with E-state index in [2.05, 4.69) is 19.1 Å². The molecular formula is C13H12BOP. The fourth-order valence-corrected chi connectivity index (χ4v) is 3.18. The summed E-state index contributed by atoms with van der Waals surface area (Å²) < 4.78 is 5.17.